The van der Waals surface area contributed by atoms with Gasteiger partial charge in [0.1, 0.15) is 35.8 Å². The van der Waals surface area contributed by atoms with Gasteiger partial charge in [0.2, 0.25) is 5.88 Å². The molecule has 0 aliphatic carbocycles. The number of nitrogens with zero attached hydrogens (tertiary/aromatic N) is 7. The molecule has 2 fully saturated rings. The maximum Gasteiger partial charge on any atom is 0.239 e. The number of aromatic nitrogens is 4. The molecule has 0 amide bonds. The fourth-order valence-corrected chi connectivity index (χ4v) is 4.38. The molecule has 0 bridgehead atoms. The van der Waals surface area contributed by atoms with Crippen molar-refractivity contribution >= 4 is 17.3 Å². The number of likely N-dealkylation sites (N-methyl/N-ethyl adjacent to an activating group) is 1. The Morgan fingerprint density at radius 2 is 1.81 bits per heavy atom. The SMILES string of the molecule is COc1nc(Nc2cc(-c3ccc(OC4CCOCC4)c(C#N)n3)ncn2)ccc1N1CCN(C)CC1. The second-order valence-corrected chi connectivity index (χ2v) is 9.01. The zero-order chi connectivity index (χ0) is 25.6. The molecule has 0 unspecified atom stereocenters. The van der Waals surface area contributed by atoms with Gasteiger partial charge in [-0.15, -0.1) is 0 Å². The maximum absolute atomic E-state index is 9.66. The molecule has 1 N–H and O–H groups in total. The van der Waals surface area contributed by atoms with E-state index >= 15 is 0 Å². The smallest absolute Gasteiger partial charge is 0.239 e. The van der Waals surface area contributed by atoms with Crippen molar-refractivity contribution in [3.63, 3.8) is 0 Å². The fraction of sp³-hybridized carbons (Fsp3) is 0.423. The summed E-state index contributed by atoms with van der Waals surface area (Å²) in [5.41, 5.74) is 2.33. The number of pyridine rings is 2. The van der Waals surface area contributed by atoms with E-state index in [2.05, 4.69) is 48.2 Å². The summed E-state index contributed by atoms with van der Waals surface area (Å²) in [6.45, 7) is 5.16. The van der Waals surface area contributed by atoms with Crippen LogP contribution in [0.5, 0.6) is 11.6 Å². The molecule has 11 nitrogen and oxygen atoms in total. The first kappa shape index (κ1) is 24.7. The van der Waals surface area contributed by atoms with E-state index in [4.69, 9.17) is 14.2 Å². The Morgan fingerprint density at radius 3 is 2.57 bits per heavy atom. The molecule has 0 aromatic carbocycles. The Morgan fingerprint density at radius 1 is 1.00 bits per heavy atom. The largest absolute Gasteiger partial charge is 0.487 e. The van der Waals surface area contributed by atoms with E-state index in [1.807, 2.05) is 12.1 Å². The molecule has 0 atom stereocenters. The highest BCUT2D eigenvalue weighted by atomic mass is 16.5. The Bertz CT molecular complexity index is 1270. The van der Waals surface area contributed by atoms with E-state index < -0.39 is 0 Å². The van der Waals surface area contributed by atoms with Gasteiger partial charge in [-0.25, -0.2) is 15.0 Å². The van der Waals surface area contributed by atoms with Gasteiger partial charge >= 0.3 is 0 Å². The minimum atomic E-state index is 0.0236. The Kier molecular flexibility index (Phi) is 7.58. The van der Waals surface area contributed by atoms with Gasteiger partial charge < -0.3 is 29.3 Å². The summed E-state index contributed by atoms with van der Waals surface area (Å²) in [5.74, 6) is 2.19. The highest BCUT2D eigenvalue weighted by molar-refractivity contribution is 5.65. The number of anilines is 3. The topological polar surface area (TPSA) is 122 Å². The molecule has 11 heteroatoms. The van der Waals surface area contributed by atoms with Crippen LogP contribution < -0.4 is 19.7 Å². The van der Waals surface area contributed by atoms with Crippen LogP contribution in [0.4, 0.5) is 17.3 Å². The molecular weight excluding hydrogens is 472 g/mol. The van der Waals surface area contributed by atoms with Crippen molar-refractivity contribution in [1.82, 2.24) is 24.8 Å². The van der Waals surface area contributed by atoms with Crippen LogP contribution in [0.1, 0.15) is 18.5 Å². The monoisotopic (exact) mass is 502 g/mol. The predicted octanol–water partition coefficient (Wildman–Crippen LogP) is 2.87. The van der Waals surface area contributed by atoms with Crippen molar-refractivity contribution in [2.24, 2.45) is 0 Å². The maximum atomic E-state index is 9.66. The van der Waals surface area contributed by atoms with E-state index in [0.29, 0.717) is 47.9 Å². The highest BCUT2D eigenvalue weighted by Crippen LogP contribution is 2.30. The highest BCUT2D eigenvalue weighted by Gasteiger charge is 2.20. The van der Waals surface area contributed by atoms with Crippen molar-refractivity contribution in [3.05, 3.63) is 42.4 Å². The minimum absolute atomic E-state index is 0.0236. The molecule has 0 radical (unpaired) electrons. The van der Waals surface area contributed by atoms with Gasteiger partial charge in [-0.1, -0.05) is 0 Å². The van der Waals surface area contributed by atoms with Crippen molar-refractivity contribution in [3.8, 4) is 29.1 Å². The Labute approximate surface area is 216 Å². The van der Waals surface area contributed by atoms with Crippen molar-refractivity contribution in [2.75, 3.05) is 63.8 Å². The van der Waals surface area contributed by atoms with E-state index in [-0.39, 0.29) is 11.8 Å². The van der Waals surface area contributed by atoms with E-state index in [1.165, 1.54) is 6.33 Å². The number of nitrogens with one attached hydrogen (secondary N) is 1. The summed E-state index contributed by atoms with van der Waals surface area (Å²) >= 11 is 0. The van der Waals surface area contributed by atoms with E-state index in [1.54, 1.807) is 25.3 Å². The average Bonchev–Trinajstić information content (AvgIpc) is 2.94. The van der Waals surface area contributed by atoms with E-state index in [9.17, 15) is 5.26 Å². The molecule has 3 aromatic rings. The lowest BCUT2D eigenvalue weighted by atomic mass is 10.1. The first-order valence-corrected chi connectivity index (χ1v) is 12.4. The van der Waals surface area contributed by atoms with Crippen LogP contribution in [0.15, 0.2) is 36.7 Å². The zero-order valence-corrected chi connectivity index (χ0v) is 21.1. The second-order valence-electron chi connectivity index (χ2n) is 9.01. The van der Waals surface area contributed by atoms with Crippen LogP contribution >= 0.6 is 0 Å². The quantitative estimate of drug-likeness (QED) is 0.513. The zero-order valence-electron chi connectivity index (χ0n) is 21.1. The number of hydrogen-bond donors (Lipinski definition) is 1. The standard InChI is InChI=1S/C26H30N8O3/c1-33-9-11-34(12-10-33)22-4-6-24(32-26(22)35-2)31-25-15-20(28-17-29-25)19-3-5-23(21(16-27)30-19)37-18-7-13-36-14-8-18/h3-6,15,17-18H,7-14H2,1-2H3,(H,28,29,31,32). The molecule has 2 aliphatic heterocycles. The Hall–Kier alpha value is -4.01. The van der Waals surface area contributed by atoms with Gasteiger partial charge in [-0.05, 0) is 31.3 Å². The summed E-state index contributed by atoms with van der Waals surface area (Å²) in [6.07, 6.45) is 3.06. The third-order valence-corrected chi connectivity index (χ3v) is 6.49. The van der Waals surface area contributed by atoms with Crippen molar-refractivity contribution in [1.29, 1.82) is 5.26 Å². The lowest BCUT2D eigenvalue weighted by Gasteiger charge is -2.34. The summed E-state index contributed by atoms with van der Waals surface area (Å²) in [4.78, 5) is 22.4. The molecule has 0 spiro atoms. The van der Waals surface area contributed by atoms with Gasteiger partial charge in [0.15, 0.2) is 11.4 Å². The average molecular weight is 503 g/mol. The molecule has 2 saturated heterocycles. The van der Waals surface area contributed by atoms with Crippen LogP contribution in [0.3, 0.4) is 0 Å². The van der Waals surface area contributed by atoms with Crippen LogP contribution in [0.25, 0.3) is 11.4 Å². The molecule has 5 heterocycles. The Balaban J connectivity index is 1.32. The molecule has 192 valence electrons. The van der Waals surface area contributed by atoms with Crippen LogP contribution in [0.2, 0.25) is 0 Å². The molecule has 0 saturated carbocycles. The summed E-state index contributed by atoms with van der Waals surface area (Å²) in [5, 5.41) is 12.9. The molecule has 5 rings (SSSR count). The predicted molar refractivity (Wildman–Crippen MR) is 138 cm³/mol. The number of hydrogen-bond acceptors (Lipinski definition) is 11. The molecule has 3 aromatic heterocycles. The third kappa shape index (κ3) is 5.87. The van der Waals surface area contributed by atoms with Crippen molar-refractivity contribution in [2.45, 2.75) is 18.9 Å². The number of nitriles is 1. The number of ether oxygens (including phenoxy) is 3. The van der Waals surface area contributed by atoms with Gasteiger partial charge in [-0.2, -0.15) is 10.2 Å². The van der Waals surface area contributed by atoms with Crippen LogP contribution in [-0.4, -0.2) is 84.5 Å². The van der Waals surface area contributed by atoms with Gasteiger partial charge in [-0.3, -0.25) is 0 Å². The third-order valence-electron chi connectivity index (χ3n) is 6.49. The van der Waals surface area contributed by atoms with E-state index in [0.717, 1.165) is 44.7 Å². The second kappa shape index (κ2) is 11.4. The van der Waals surface area contributed by atoms with Crippen molar-refractivity contribution < 1.29 is 14.2 Å². The number of piperazine rings is 1. The molecule has 2 aliphatic rings. The lowest BCUT2D eigenvalue weighted by Crippen LogP contribution is -2.44. The first-order valence-electron chi connectivity index (χ1n) is 12.4. The molecule has 37 heavy (non-hydrogen) atoms. The summed E-state index contributed by atoms with van der Waals surface area (Å²) in [6, 6.07) is 11.4. The molecular formula is C26H30N8O3. The van der Waals surface area contributed by atoms with Crippen LogP contribution in [0, 0.1) is 11.3 Å². The summed E-state index contributed by atoms with van der Waals surface area (Å²) < 4.78 is 17.0. The lowest BCUT2D eigenvalue weighted by molar-refractivity contribution is 0.0253. The number of rotatable bonds is 7. The first-order chi connectivity index (χ1) is 18.1. The van der Waals surface area contributed by atoms with Gasteiger partial charge in [0.25, 0.3) is 0 Å². The normalized spacial score (nSPS) is 16.7. The fourth-order valence-electron chi connectivity index (χ4n) is 4.38. The van der Waals surface area contributed by atoms with Crippen LogP contribution in [-0.2, 0) is 4.74 Å². The van der Waals surface area contributed by atoms with Gasteiger partial charge in [0, 0.05) is 45.1 Å². The number of methoxy groups -OCH3 is 1. The van der Waals surface area contributed by atoms with Gasteiger partial charge in [0.05, 0.1) is 31.7 Å². The minimum Gasteiger partial charge on any atom is -0.487 e. The summed E-state index contributed by atoms with van der Waals surface area (Å²) in [7, 11) is 3.75.